The van der Waals surface area contributed by atoms with E-state index in [1.807, 2.05) is 6.07 Å². The summed E-state index contributed by atoms with van der Waals surface area (Å²) in [5.74, 6) is 0. The van der Waals surface area contributed by atoms with Crippen molar-refractivity contribution in [1.29, 1.82) is 0 Å². The summed E-state index contributed by atoms with van der Waals surface area (Å²) in [4.78, 5) is 0. The number of benzene rings is 1. The SMILES string of the molecule is Cc1cccc(C)c1C(O)Cc1ccn(C2CCCC2)n1. The number of hydrogen-bond acceptors (Lipinski definition) is 2. The Morgan fingerprint density at radius 1 is 1.19 bits per heavy atom. The number of nitrogens with zero attached hydrogens (tertiary/aromatic N) is 2. The van der Waals surface area contributed by atoms with Crippen molar-refractivity contribution in [3.8, 4) is 0 Å². The zero-order valence-corrected chi connectivity index (χ0v) is 12.9. The molecule has 1 fully saturated rings. The molecule has 21 heavy (non-hydrogen) atoms. The fraction of sp³-hybridized carbons (Fsp3) is 0.500. The summed E-state index contributed by atoms with van der Waals surface area (Å²) >= 11 is 0. The molecule has 1 N–H and O–H groups in total. The van der Waals surface area contributed by atoms with Gasteiger partial charge in [0.2, 0.25) is 0 Å². The summed E-state index contributed by atoms with van der Waals surface area (Å²) in [6.07, 6.45) is 7.28. The van der Waals surface area contributed by atoms with Gasteiger partial charge < -0.3 is 5.11 Å². The second kappa shape index (κ2) is 6.02. The maximum absolute atomic E-state index is 10.6. The number of aryl methyl sites for hydroxylation is 2. The first-order valence-electron chi connectivity index (χ1n) is 7.93. The molecule has 3 rings (SSSR count). The van der Waals surface area contributed by atoms with E-state index in [0.29, 0.717) is 12.5 Å². The lowest BCUT2D eigenvalue weighted by atomic mass is 9.95. The Morgan fingerprint density at radius 2 is 1.86 bits per heavy atom. The molecule has 112 valence electrons. The minimum atomic E-state index is -0.474. The standard InChI is InChI=1S/C18H24N2O/c1-13-6-5-7-14(2)18(13)17(21)12-15-10-11-20(19-15)16-8-3-4-9-16/h5-7,10-11,16-17,21H,3-4,8-9,12H2,1-2H3. The van der Waals surface area contributed by atoms with E-state index in [4.69, 9.17) is 0 Å². The number of aliphatic hydroxyl groups excluding tert-OH is 1. The number of hydrogen-bond donors (Lipinski definition) is 1. The van der Waals surface area contributed by atoms with Crippen LogP contribution in [0.2, 0.25) is 0 Å². The highest BCUT2D eigenvalue weighted by Crippen LogP contribution is 2.29. The van der Waals surface area contributed by atoms with Gasteiger partial charge in [-0.05, 0) is 49.4 Å². The summed E-state index contributed by atoms with van der Waals surface area (Å²) in [5, 5.41) is 15.2. The zero-order valence-electron chi connectivity index (χ0n) is 12.9. The number of aliphatic hydroxyl groups is 1. The Hall–Kier alpha value is -1.61. The summed E-state index contributed by atoms with van der Waals surface area (Å²) in [6, 6.07) is 8.77. The van der Waals surface area contributed by atoms with Gasteiger partial charge in [-0.2, -0.15) is 5.10 Å². The first-order chi connectivity index (χ1) is 10.1. The first-order valence-corrected chi connectivity index (χ1v) is 7.93. The highest BCUT2D eigenvalue weighted by Gasteiger charge is 2.19. The minimum absolute atomic E-state index is 0.474. The Kier molecular flexibility index (Phi) is 4.11. The molecule has 3 heteroatoms. The molecule has 3 nitrogen and oxygen atoms in total. The molecule has 1 unspecified atom stereocenters. The Bertz CT molecular complexity index is 591. The van der Waals surface area contributed by atoms with Gasteiger partial charge in [-0.15, -0.1) is 0 Å². The van der Waals surface area contributed by atoms with E-state index < -0.39 is 6.10 Å². The van der Waals surface area contributed by atoms with Crippen LogP contribution in [0, 0.1) is 13.8 Å². The van der Waals surface area contributed by atoms with Crippen molar-refractivity contribution in [2.45, 2.75) is 58.1 Å². The van der Waals surface area contributed by atoms with Gasteiger partial charge in [0, 0.05) is 12.6 Å². The molecule has 0 amide bonds. The molecule has 0 spiro atoms. The van der Waals surface area contributed by atoms with Gasteiger partial charge in [-0.25, -0.2) is 0 Å². The van der Waals surface area contributed by atoms with E-state index in [9.17, 15) is 5.11 Å². The van der Waals surface area contributed by atoms with Crippen LogP contribution in [0.4, 0.5) is 0 Å². The van der Waals surface area contributed by atoms with Crippen LogP contribution in [0.5, 0.6) is 0 Å². The van der Waals surface area contributed by atoms with E-state index in [-0.39, 0.29) is 0 Å². The fourth-order valence-electron chi connectivity index (χ4n) is 3.51. The number of aromatic nitrogens is 2. The summed E-state index contributed by atoms with van der Waals surface area (Å²) < 4.78 is 2.10. The Labute approximate surface area is 126 Å². The van der Waals surface area contributed by atoms with E-state index in [1.54, 1.807) is 0 Å². The van der Waals surface area contributed by atoms with Gasteiger partial charge in [0.25, 0.3) is 0 Å². The zero-order chi connectivity index (χ0) is 14.8. The topological polar surface area (TPSA) is 38.0 Å². The van der Waals surface area contributed by atoms with Gasteiger partial charge in [0.1, 0.15) is 0 Å². The normalized spacial score (nSPS) is 17.3. The van der Waals surface area contributed by atoms with Crippen molar-refractivity contribution in [2.24, 2.45) is 0 Å². The second-order valence-corrected chi connectivity index (χ2v) is 6.25. The van der Waals surface area contributed by atoms with Crippen LogP contribution in [0.3, 0.4) is 0 Å². The third-order valence-corrected chi connectivity index (χ3v) is 4.64. The van der Waals surface area contributed by atoms with Crippen molar-refractivity contribution < 1.29 is 5.11 Å². The Morgan fingerprint density at radius 3 is 2.52 bits per heavy atom. The van der Waals surface area contributed by atoms with Crippen LogP contribution in [0.1, 0.15) is 60.2 Å². The van der Waals surface area contributed by atoms with Crippen LogP contribution in [-0.4, -0.2) is 14.9 Å². The second-order valence-electron chi connectivity index (χ2n) is 6.25. The van der Waals surface area contributed by atoms with Crippen LogP contribution >= 0.6 is 0 Å². The maximum atomic E-state index is 10.6. The lowest BCUT2D eigenvalue weighted by Gasteiger charge is -2.15. The summed E-state index contributed by atoms with van der Waals surface area (Å²) in [7, 11) is 0. The highest BCUT2D eigenvalue weighted by molar-refractivity contribution is 5.35. The molecular formula is C18H24N2O. The fourth-order valence-corrected chi connectivity index (χ4v) is 3.51. The average molecular weight is 284 g/mol. The van der Waals surface area contributed by atoms with E-state index >= 15 is 0 Å². The van der Waals surface area contributed by atoms with Crippen molar-refractivity contribution in [3.05, 3.63) is 52.8 Å². The quantitative estimate of drug-likeness (QED) is 0.925. The average Bonchev–Trinajstić information content (AvgIpc) is 3.08. The van der Waals surface area contributed by atoms with Crippen LogP contribution < -0.4 is 0 Å². The largest absolute Gasteiger partial charge is 0.388 e. The molecule has 1 heterocycles. The highest BCUT2D eigenvalue weighted by atomic mass is 16.3. The molecule has 1 aliphatic carbocycles. The molecule has 1 saturated carbocycles. The van der Waals surface area contributed by atoms with Crippen LogP contribution in [-0.2, 0) is 6.42 Å². The summed E-state index contributed by atoms with van der Waals surface area (Å²) in [6.45, 7) is 4.12. The van der Waals surface area contributed by atoms with Gasteiger partial charge >= 0.3 is 0 Å². The third-order valence-electron chi connectivity index (χ3n) is 4.64. The molecule has 0 aliphatic heterocycles. The van der Waals surface area contributed by atoms with Gasteiger partial charge in [-0.3, -0.25) is 4.68 Å². The molecule has 0 radical (unpaired) electrons. The lowest BCUT2D eigenvalue weighted by Crippen LogP contribution is -2.09. The summed E-state index contributed by atoms with van der Waals surface area (Å²) in [5.41, 5.74) is 4.33. The molecule has 1 aliphatic rings. The van der Waals surface area contributed by atoms with E-state index in [2.05, 4.69) is 48.0 Å². The molecular weight excluding hydrogens is 260 g/mol. The first kappa shape index (κ1) is 14.3. The van der Waals surface area contributed by atoms with Gasteiger partial charge in [0.15, 0.2) is 0 Å². The monoisotopic (exact) mass is 284 g/mol. The van der Waals surface area contributed by atoms with Crippen molar-refractivity contribution in [1.82, 2.24) is 9.78 Å². The van der Waals surface area contributed by atoms with Crippen molar-refractivity contribution >= 4 is 0 Å². The van der Waals surface area contributed by atoms with Crippen molar-refractivity contribution in [2.75, 3.05) is 0 Å². The third kappa shape index (κ3) is 3.03. The predicted octanol–water partition coefficient (Wildman–Crippen LogP) is 3.89. The van der Waals surface area contributed by atoms with Crippen LogP contribution in [0.15, 0.2) is 30.5 Å². The molecule has 1 aromatic carbocycles. The molecule has 1 atom stereocenters. The minimum Gasteiger partial charge on any atom is -0.388 e. The lowest BCUT2D eigenvalue weighted by molar-refractivity contribution is 0.175. The maximum Gasteiger partial charge on any atom is 0.0851 e. The predicted molar refractivity (Wildman–Crippen MR) is 84.3 cm³/mol. The molecule has 1 aromatic heterocycles. The van der Waals surface area contributed by atoms with Crippen LogP contribution in [0.25, 0.3) is 0 Å². The van der Waals surface area contributed by atoms with E-state index in [0.717, 1.165) is 22.4 Å². The van der Waals surface area contributed by atoms with Gasteiger partial charge in [0.05, 0.1) is 17.8 Å². The number of rotatable bonds is 4. The molecule has 0 saturated heterocycles. The molecule has 0 bridgehead atoms. The smallest absolute Gasteiger partial charge is 0.0851 e. The van der Waals surface area contributed by atoms with Crippen molar-refractivity contribution in [3.63, 3.8) is 0 Å². The molecule has 2 aromatic rings. The van der Waals surface area contributed by atoms with Gasteiger partial charge in [-0.1, -0.05) is 31.0 Å². The van der Waals surface area contributed by atoms with E-state index in [1.165, 1.54) is 25.7 Å². The Balaban J connectivity index is 1.74.